The lowest BCUT2D eigenvalue weighted by Gasteiger charge is -2.22. The highest BCUT2D eigenvalue weighted by molar-refractivity contribution is 5.95. The summed E-state index contributed by atoms with van der Waals surface area (Å²) >= 11 is 0. The van der Waals surface area contributed by atoms with Crippen LogP contribution in [-0.2, 0) is 13.1 Å². The summed E-state index contributed by atoms with van der Waals surface area (Å²) < 4.78 is 5.40. The summed E-state index contributed by atoms with van der Waals surface area (Å²) in [6.45, 7) is 0.823. The van der Waals surface area contributed by atoms with Gasteiger partial charge in [-0.05, 0) is 42.0 Å². The highest BCUT2D eigenvalue weighted by Gasteiger charge is 2.18. The van der Waals surface area contributed by atoms with Crippen LogP contribution in [0.5, 0.6) is 0 Å². The van der Waals surface area contributed by atoms with E-state index in [0.29, 0.717) is 30.1 Å². The number of amides is 3. The van der Waals surface area contributed by atoms with Crippen molar-refractivity contribution in [3.63, 3.8) is 0 Å². The Bertz CT molecular complexity index is 859. The molecule has 2 aromatic carbocycles. The van der Waals surface area contributed by atoms with Crippen LogP contribution in [0.25, 0.3) is 0 Å². The van der Waals surface area contributed by atoms with Gasteiger partial charge in [0.2, 0.25) is 0 Å². The molecular weight excluding hydrogens is 330 g/mol. The van der Waals surface area contributed by atoms with Gasteiger partial charge in [-0.1, -0.05) is 30.3 Å². The molecule has 0 saturated heterocycles. The van der Waals surface area contributed by atoms with Crippen molar-refractivity contribution in [1.29, 1.82) is 0 Å². The van der Waals surface area contributed by atoms with E-state index in [-0.39, 0.29) is 5.91 Å². The Labute approximate surface area is 151 Å². The maximum Gasteiger partial charge on any atom is 0.316 e. The van der Waals surface area contributed by atoms with Crippen LogP contribution in [0.1, 0.15) is 21.7 Å². The Morgan fingerprint density at radius 3 is 2.27 bits per heavy atom. The molecule has 3 amide bonds. The number of furan rings is 1. The number of nitrogens with two attached hydrogens (primary N) is 1. The third-order valence-electron chi connectivity index (χ3n) is 3.83. The fourth-order valence-corrected chi connectivity index (χ4v) is 2.61. The predicted molar refractivity (Wildman–Crippen MR) is 98.4 cm³/mol. The van der Waals surface area contributed by atoms with Gasteiger partial charge in [0.25, 0.3) is 5.91 Å². The number of rotatable bonds is 6. The lowest BCUT2D eigenvalue weighted by Crippen LogP contribution is -2.30. The molecule has 1 heterocycles. The van der Waals surface area contributed by atoms with Crippen LogP contribution in [-0.4, -0.2) is 16.8 Å². The number of primary amides is 1. The van der Waals surface area contributed by atoms with Crippen LogP contribution in [0, 0.1) is 0 Å². The average molecular weight is 349 g/mol. The smallest absolute Gasteiger partial charge is 0.316 e. The van der Waals surface area contributed by atoms with Crippen molar-refractivity contribution in [2.24, 2.45) is 5.73 Å². The summed E-state index contributed by atoms with van der Waals surface area (Å²) in [5.74, 6) is 0.581. The molecule has 0 atom stereocenters. The zero-order valence-electron chi connectivity index (χ0n) is 14.1. The van der Waals surface area contributed by atoms with Crippen LogP contribution < -0.4 is 11.1 Å². The third kappa shape index (κ3) is 4.51. The summed E-state index contributed by atoms with van der Waals surface area (Å²) in [6, 6.07) is 19.4. The molecule has 26 heavy (non-hydrogen) atoms. The minimum Gasteiger partial charge on any atom is -0.467 e. The molecule has 6 heteroatoms. The normalized spacial score (nSPS) is 10.3. The van der Waals surface area contributed by atoms with Gasteiger partial charge in [0.05, 0.1) is 12.8 Å². The second-order valence-corrected chi connectivity index (χ2v) is 5.79. The Morgan fingerprint density at radius 2 is 1.65 bits per heavy atom. The zero-order chi connectivity index (χ0) is 18.4. The Kier molecular flexibility index (Phi) is 5.34. The quantitative estimate of drug-likeness (QED) is 0.712. The van der Waals surface area contributed by atoms with Crippen LogP contribution >= 0.6 is 0 Å². The molecule has 3 N–H and O–H groups in total. The lowest BCUT2D eigenvalue weighted by atomic mass is 10.1. The van der Waals surface area contributed by atoms with Gasteiger partial charge in [0.1, 0.15) is 5.76 Å². The number of benzene rings is 2. The highest BCUT2D eigenvalue weighted by Crippen LogP contribution is 2.16. The van der Waals surface area contributed by atoms with E-state index in [1.807, 2.05) is 36.4 Å². The number of nitrogens with zero attached hydrogens (tertiary/aromatic N) is 1. The van der Waals surface area contributed by atoms with Crippen LogP contribution in [0.2, 0.25) is 0 Å². The SMILES string of the molecule is NC(=O)Nc1ccc(C(=O)N(Cc2ccccc2)Cc2ccco2)cc1. The van der Waals surface area contributed by atoms with Crippen molar-refractivity contribution in [1.82, 2.24) is 4.90 Å². The van der Waals surface area contributed by atoms with E-state index in [2.05, 4.69) is 5.32 Å². The topological polar surface area (TPSA) is 88.6 Å². The van der Waals surface area contributed by atoms with Gasteiger partial charge in [0, 0.05) is 17.8 Å². The lowest BCUT2D eigenvalue weighted by molar-refractivity contribution is 0.0717. The van der Waals surface area contributed by atoms with E-state index in [0.717, 1.165) is 5.56 Å². The minimum absolute atomic E-state index is 0.129. The van der Waals surface area contributed by atoms with E-state index >= 15 is 0 Å². The van der Waals surface area contributed by atoms with Gasteiger partial charge in [0.15, 0.2) is 0 Å². The fraction of sp³-hybridized carbons (Fsp3) is 0.100. The molecule has 3 rings (SSSR count). The Hall–Kier alpha value is -3.54. The average Bonchev–Trinajstić information content (AvgIpc) is 3.15. The number of urea groups is 1. The maximum atomic E-state index is 13.0. The molecule has 0 bridgehead atoms. The summed E-state index contributed by atoms with van der Waals surface area (Å²) in [5, 5.41) is 2.48. The predicted octanol–water partition coefficient (Wildman–Crippen LogP) is 3.61. The molecule has 0 aliphatic heterocycles. The number of carbonyl (C=O) groups excluding carboxylic acids is 2. The molecule has 6 nitrogen and oxygen atoms in total. The first-order chi connectivity index (χ1) is 12.6. The molecule has 0 unspecified atom stereocenters. The first kappa shape index (κ1) is 17.3. The standard InChI is InChI=1S/C20H19N3O3/c21-20(25)22-17-10-8-16(9-11-17)19(24)23(14-18-7-4-12-26-18)13-15-5-2-1-3-6-15/h1-12H,13-14H2,(H3,21,22,25). The van der Waals surface area contributed by atoms with Crippen molar-refractivity contribution in [3.05, 3.63) is 89.9 Å². The summed E-state index contributed by atoms with van der Waals surface area (Å²) in [7, 11) is 0. The van der Waals surface area contributed by atoms with E-state index in [9.17, 15) is 9.59 Å². The fourth-order valence-electron chi connectivity index (χ4n) is 2.61. The second kappa shape index (κ2) is 8.02. The molecule has 0 spiro atoms. The van der Waals surface area contributed by atoms with Crippen LogP contribution in [0.4, 0.5) is 10.5 Å². The molecule has 0 aliphatic carbocycles. The highest BCUT2D eigenvalue weighted by atomic mass is 16.3. The Morgan fingerprint density at radius 1 is 0.923 bits per heavy atom. The number of anilines is 1. The number of nitrogens with one attached hydrogen (secondary N) is 1. The van der Waals surface area contributed by atoms with Gasteiger partial charge in [-0.2, -0.15) is 0 Å². The van der Waals surface area contributed by atoms with Crippen molar-refractivity contribution < 1.29 is 14.0 Å². The summed E-state index contributed by atoms with van der Waals surface area (Å²) in [6.07, 6.45) is 1.59. The largest absolute Gasteiger partial charge is 0.467 e. The van der Waals surface area contributed by atoms with Gasteiger partial charge < -0.3 is 20.4 Å². The number of carbonyl (C=O) groups is 2. The first-order valence-electron chi connectivity index (χ1n) is 8.14. The minimum atomic E-state index is -0.646. The van der Waals surface area contributed by atoms with Gasteiger partial charge >= 0.3 is 6.03 Å². The van der Waals surface area contributed by atoms with Gasteiger partial charge in [-0.15, -0.1) is 0 Å². The van der Waals surface area contributed by atoms with E-state index < -0.39 is 6.03 Å². The van der Waals surface area contributed by atoms with Crippen molar-refractivity contribution in [3.8, 4) is 0 Å². The monoisotopic (exact) mass is 349 g/mol. The molecule has 0 radical (unpaired) electrons. The second-order valence-electron chi connectivity index (χ2n) is 5.79. The van der Waals surface area contributed by atoms with Crippen molar-refractivity contribution in [2.75, 3.05) is 5.32 Å². The molecule has 0 aliphatic rings. The van der Waals surface area contributed by atoms with Crippen molar-refractivity contribution >= 4 is 17.6 Å². The molecule has 0 saturated carbocycles. The first-order valence-corrected chi connectivity index (χ1v) is 8.14. The summed E-state index contributed by atoms with van der Waals surface area (Å²) in [4.78, 5) is 25.6. The Balaban J connectivity index is 1.80. The zero-order valence-corrected chi connectivity index (χ0v) is 14.1. The molecule has 0 fully saturated rings. The maximum absolute atomic E-state index is 13.0. The van der Waals surface area contributed by atoms with Crippen LogP contribution in [0.3, 0.4) is 0 Å². The third-order valence-corrected chi connectivity index (χ3v) is 3.83. The molecular formula is C20H19N3O3. The van der Waals surface area contributed by atoms with Gasteiger partial charge in [-0.3, -0.25) is 4.79 Å². The molecule has 1 aromatic heterocycles. The van der Waals surface area contributed by atoms with E-state index in [1.54, 1.807) is 41.5 Å². The number of hydrogen-bond donors (Lipinski definition) is 2. The number of hydrogen-bond acceptors (Lipinski definition) is 3. The summed E-state index contributed by atoms with van der Waals surface area (Å²) in [5.41, 5.74) is 7.18. The van der Waals surface area contributed by atoms with E-state index in [4.69, 9.17) is 10.2 Å². The molecule has 132 valence electrons. The van der Waals surface area contributed by atoms with Crippen LogP contribution in [0.15, 0.2) is 77.4 Å². The van der Waals surface area contributed by atoms with Crippen molar-refractivity contribution in [2.45, 2.75) is 13.1 Å². The molecule has 3 aromatic rings. The van der Waals surface area contributed by atoms with E-state index in [1.165, 1.54) is 0 Å². The van der Waals surface area contributed by atoms with Gasteiger partial charge in [-0.25, -0.2) is 4.79 Å².